The number of rotatable bonds is 4. The zero-order chi connectivity index (χ0) is 35.1. The molecule has 276 valence electrons. The number of esters is 3. The van der Waals surface area contributed by atoms with Gasteiger partial charge in [-0.2, -0.15) is 0 Å². The maximum Gasteiger partial charge on any atom is 0.306 e. The summed E-state index contributed by atoms with van der Waals surface area (Å²) < 4.78 is 39.6. The van der Waals surface area contributed by atoms with Crippen LogP contribution in [0.5, 0.6) is 0 Å². The van der Waals surface area contributed by atoms with Gasteiger partial charge in [-0.15, -0.1) is 0 Å². The molecule has 4 aliphatic rings. The molecule has 2 bridgehead atoms. The molecule has 0 saturated carbocycles. The van der Waals surface area contributed by atoms with Gasteiger partial charge < -0.3 is 53.6 Å². The molecule has 0 aromatic rings. The van der Waals surface area contributed by atoms with Crippen molar-refractivity contribution in [2.24, 2.45) is 0 Å². The topological polar surface area (TPSA) is 197 Å². The van der Waals surface area contributed by atoms with Gasteiger partial charge in [0.1, 0.15) is 55.9 Å². The van der Waals surface area contributed by atoms with Gasteiger partial charge in [-0.3, -0.25) is 14.4 Å². The van der Waals surface area contributed by atoms with Crippen molar-refractivity contribution < 1.29 is 68.0 Å². The fourth-order valence-corrected chi connectivity index (χ4v) is 6.00. The maximum atomic E-state index is 12.7. The van der Waals surface area contributed by atoms with Gasteiger partial charge in [-0.1, -0.05) is 50.7 Å². The molecule has 4 heterocycles. The van der Waals surface area contributed by atoms with E-state index in [1.807, 2.05) is 6.92 Å². The molecule has 0 amide bonds. The van der Waals surface area contributed by atoms with Crippen LogP contribution in [0.1, 0.15) is 104 Å². The minimum atomic E-state index is -1.79. The first-order valence-corrected chi connectivity index (χ1v) is 17.4. The molecular formula is C34H56O14. The number of aliphatic hydroxyl groups is 4. The van der Waals surface area contributed by atoms with E-state index < -0.39 is 85.9 Å². The van der Waals surface area contributed by atoms with Gasteiger partial charge in [0.05, 0.1) is 6.10 Å². The third-order valence-corrected chi connectivity index (χ3v) is 8.76. The molecule has 4 aliphatic heterocycles. The van der Waals surface area contributed by atoms with Gasteiger partial charge in [0, 0.05) is 20.3 Å². The summed E-state index contributed by atoms with van der Waals surface area (Å²) in [6.07, 6.45) is 0.483. The van der Waals surface area contributed by atoms with Crippen LogP contribution in [-0.2, 0) is 47.5 Å². The maximum absolute atomic E-state index is 12.7. The highest BCUT2D eigenvalue weighted by atomic mass is 16.8. The van der Waals surface area contributed by atoms with Crippen molar-refractivity contribution in [3.05, 3.63) is 12.2 Å². The lowest BCUT2D eigenvalue weighted by molar-refractivity contribution is -0.371. The summed E-state index contributed by atoms with van der Waals surface area (Å²) in [5.41, 5.74) is 0. The normalized spacial score (nSPS) is 37.1. The van der Waals surface area contributed by atoms with Crippen LogP contribution in [0.3, 0.4) is 0 Å². The second kappa shape index (κ2) is 21.1. The Hall–Kier alpha value is -2.17. The largest absolute Gasteiger partial charge is 0.463 e. The van der Waals surface area contributed by atoms with E-state index in [1.165, 1.54) is 13.8 Å². The Balaban J connectivity index is 1.81. The Morgan fingerprint density at radius 3 is 1.85 bits per heavy atom. The SMILES string of the molecule is CC(=O)OCC1OC2OC(C)CCCCCCC=CCCCCCCCC(=O)OC3C(COC(C)=O)OC(OC2C(O)C1O)C(O)C3O. The van der Waals surface area contributed by atoms with Gasteiger partial charge in [0.15, 0.2) is 18.7 Å². The van der Waals surface area contributed by atoms with E-state index in [-0.39, 0.29) is 19.1 Å². The number of carbonyl (C=O) groups excluding carboxylic acids is 3. The average molecular weight is 689 g/mol. The molecule has 14 nitrogen and oxygen atoms in total. The molecule has 11 unspecified atom stereocenters. The van der Waals surface area contributed by atoms with Crippen molar-refractivity contribution in [3.63, 3.8) is 0 Å². The van der Waals surface area contributed by atoms with Crippen LogP contribution < -0.4 is 0 Å². The number of hydrogen-bond donors (Lipinski definition) is 4. The molecule has 0 aromatic carbocycles. The molecule has 14 heteroatoms. The molecule has 0 radical (unpaired) electrons. The highest BCUT2D eigenvalue weighted by Gasteiger charge is 2.53. The fourth-order valence-electron chi connectivity index (χ4n) is 6.00. The standard InChI is InChI=1S/C34H56O14/c1-21-17-15-13-11-9-7-5-4-6-8-10-12-14-16-18-26(37)47-31-25(20-43-23(3)36)46-33(30(41)29(31)40)48-32-28(39)27(38)24(19-42-22(2)35)45-34(32)44-21/h4-5,21,24-25,27-34,38-41H,6-20H2,1-3H3. The molecule has 2 fully saturated rings. The first-order chi connectivity index (χ1) is 23.0. The molecular weight excluding hydrogens is 632 g/mol. The van der Waals surface area contributed by atoms with E-state index in [4.69, 9.17) is 33.2 Å². The summed E-state index contributed by atoms with van der Waals surface area (Å²) in [7, 11) is 0. The summed E-state index contributed by atoms with van der Waals surface area (Å²) in [6.45, 7) is 3.42. The third-order valence-electron chi connectivity index (χ3n) is 8.76. The van der Waals surface area contributed by atoms with Gasteiger partial charge in [-0.25, -0.2) is 0 Å². The lowest BCUT2D eigenvalue weighted by Gasteiger charge is -2.47. The minimum Gasteiger partial charge on any atom is -0.463 e. The van der Waals surface area contributed by atoms with Crippen molar-refractivity contribution in [1.82, 2.24) is 0 Å². The van der Waals surface area contributed by atoms with Crippen LogP contribution in [0.2, 0.25) is 0 Å². The lowest BCUT2D eigenvalue weighted by Crippen LogP contribution is -2.65. The second-order valence-electron chi connectivity index (χ2n) is 12.9. The predicted octanol–water partition coefficient (Wildman–Crippen LogP) is 2.35. The molecule has 4 rings (SSSR count). The van der Waals surface area contributed by atoms with Crippen LogP contribution in [0.25, 0.3) is 0 Å². The molecule has 48 heavy (non-hydrogen) atoms. The Bertz CT molecular complexity index is 1010. The molecule has 2 saturated heterocycles. The summed E-state index contributed by atoms with van der Waals surface area (Å²) in [5, 5.41) is 44.2. The summed E-state index contributed by atoms with van der Waals surface area (Å²) in [4.78, 5) is 35.8. The number of fused-ring (bicyclic) bond motifs is 19. The minimum absolute atomic E-state index is 0.0919. The highest BCUT2D eigenvalue weighted by molar-refractivity contribution is 5.69. The molecule has 4 N–H and O–H groups in total. The van der Waals surface area contributed by atoms with E-state index in [9.17, 15) is 34.8 Å². The van der Waals surface area contributed by atoms with Crippen molar-refractivity contribution in [1.29, 1.82) is 0 Å². The Morgan fingerprint density at radius 2 is 1.21 bits per heavy atom. The Kier molecular flexibility index (Phi) is 17.7. The number of aliphatic hydroxyl groups excluding tert-OH is 4. The third kappa shape index (κ3) is 13.3. The number of ether oxygens (including phenoxy) is 7. The number of hydrogen-bond acceptors (Lipinski definition) is 14. The molecule has 0 spiro atoms. The van der Waals surface area contributed by atoms with Crippen LogP contribution >= 0.6 is 0 Å². The highest BCUT2D eigenvalue weighted by Crippen LogP contribution is 2.32. The smallest absolute Gasteiger partial charge is 0.306 e. The van der Waals surface area contributed by atoms with E-state index in [1.54, 1.807) is 0 Å². The first-order valence-electron chi connectivity index (χ1n) is 17.4. The summed E-state index contributed by atoms with van der Waals surface area (Å²) >= 11 is 0. The van der Waals surface area contributed by atoms with Crippen LogP contribution in [0, 0.1) is 0 Å². The molecule has 0 aliphatic carbocycles. The predicted molar refractivity (Wildman–Crippen MR) is 169 cm³/mol. The number of carbonyl (C=O) groups is 3. The fraction of sp³-hybridized carbons (Fsp3) is 0.853. The van der Waals surface area contributed by atoms with E-state index >= 15 is 0 Å². The Morgan fingerprint density at radius 1 is 0.667 bits per heavy atom. The lowest BCUT2D eigenvalue weighted by atomic mass is 9.97. The molecule has 11 atom stereocenters. The van der Waals surface area contributed by atoms with E-state index in [0.717, 1.165) is 64.2 Å². The van der Waals surface area contributed by atoms with Crippen LogP contribution in [0.4, 0.5) is 0 Å². The monoisotopic (exact) mass is 688 g/mol. The zero-order valence-electron chi connectivity index (χ0n) is 28.5. The second-order valence-corrected chi connectivity index (χ2v) is 12.9. The van der Waals surface area contributed by atoms with Crippen molar-refractivity contribution >= 4 is 17.9 Å². The summed E-state index contributed by atoms with van der Waals surface area (Å²) in [5.74, 6) is -1.86. The molecule has 0 aromatic heterocycles. The number of allylic oxidation sites excluding steroid dienone is 2. The summed E-state index contributed by atoms with van der Waals surface area (Å²) in [6, 6.07) is 0. The van der Waals surface area contributed by atoms with Crippen molar-refractivity contribution in [2.45, 2.75) is 172 Å². The average Bonchev–Trinajstić information content (AvgIpc) is 3.03. The van der Waals surface area contributed by atoms with Gasteiger partial charge >= 0.3 is 17.9 Å². The van der Waals surface area contributed by atoms with Crippen LogP contribution in [0.15, 0.2) is 12.2 Å². The van der Waals surface area contributed by atoms with E-state index in [2.05, 4.69) is 12.2 Å². The first kappa shape index (κ1) is 40.3. The van der Waals surface area contributed by atoms with Crippen LogP contribution in [-0.4, -0.2) is 119 Å². The van der Waals surface area contributed by atoms with Gasteiger partial charge in [0.25, 0.3) is 0 Å². The van der Waals surface area contributed by atoms with Gasteiger partial charge in [0.2, 0.25) is 0 Å². The Labute approximate surface area is 283 Å². The van der Waals surface area contributed by atoms with Gasteiger partial charge in [-0.05, 0) is 45.4 Å². The quantitative estimate of drug-likeness (QED) is 0.191. The van der Waals surface area contributed by atoms with Crippen molar-refractivity contribution in [2.75, 3.05) is 13.2 Å². The van der Waals surface area contributed by atoms with E-state index in [0.29, 0.717) is 12.8 Å². The zero-order valence-corrected chi connectivity index (χ0v) is 28.5. The van der Waals surface area contributed by atoms with Crippen molar-refractivity contribution in [3.8, 4) is 0 Å².